The zero-order valence-corrected chi connectivity index (χ0v) is 10.7. The maximum atomic E-state index is 6.10. The smallest absolute Gasteiger partial charge is 0.115 e. The second-order valence-corrected chi connectivity index (χ2v) is 7.55. The Hall–Kier alpha value is 1.16. The van der Waals surface area contributed by atoms with Crippen LogP contribution < -0.4 is 0 Å². The zero-order chi connectivity index (χ0) is 10.2. The molecule has 0 amide bonds. The van der Waals surface area contributed by atoms with Gasteiger partial charge in [0.15, 0.2) is 0 Å². The minimum atomic E-state index is -1.41. The average molecular weight is 252 g/mol. The predicted octanol–water partition coefficient (Wildman–Crippen LogP) is 4.79. The van der Waals surface area contributed by atoms with Gasteiger partial charge in [-0.2, -0.15) is 0 Å². The molecule has 0 nitrogen and oxygen atoms in total. The summed E-state index contributed by atoms with van der Waals surface area (Å²) in [6.45, 7) is 7.92. The molecule has 0 bridgehead atoms. The van der Waals surface area contributed by atoms with E-state index in [2.05, 4.69) is 20.8 Å². The third-order valence-electron chi connectivity index (χ3n) is 1.45. The molecule has 0 saturated carbocycles. The van der Waals surface area contributed by atoms with E-state index in [0.717, 1.165) is 0 Å². The van der Waals surface area contributed by atoms with Gasteiger partial charge in [-0.1, -0.05) is 55.6 Å². The quantitative estimate of drug-likeness (QED) is 0.588. The van der Waals surface area contributed by atoms with E-state index in [1.165, 1.54) is 0 Å². The van der Waals surface area contributed by atoms with Crippen LogP contribution in [0.2, 0.25) is 0 Å². The number of halogens is 4. The lowest BCUT2D eigenvalue weighted by Gasteiger charge is -2.35. The molecule has 0 N–H and O–H groups in total. The fourth-order valence-electron chi connectivity index (χ4n) is 1.10. The summed E-state index contributed by atoms with van der Waals surface area (Å²) in [4.78, 5) is -0.810. The summed E-state index contributed by atoms with van der Waals surface area (Å²) < 4.78 is -1.41. The molecule has 0 heterocycles. The molecular formula is C8H14Cl4. The number of hydrogen-bond donors (Lipinski definition) is 0. The van der Waals surface area contributed by atoms with Crippen LogP contribution in [-0.4, -0.2) is 8.67 Å². The first-order valence-corrected chi connectivity index (χ1v) is 5.22. The first kappa shape index (κ1) is 13.2. The molecule has 0 aliphatic rings. The number of rotatable bonds is 1. The Morgan fingerprint density at radius 1 is 0.833 bits per heavy atom. The Morgan fingerprint density at radius 3 is 1.25 bits per heavy atom. The van der Waals surface area contributed by atoms with Gasteiger partial charge in [0, 0.05) is 0 Å². The molecule has 0 aromatic heterocycles. The summed E-state index contributed by atoms with van der Waals surface area (Å²) in [5.41, 5.74) is 0.0560. The largest absolute Gasteiger partial charge is 0.209 e. The molecule has 0 radical (unpaired) electrons. The fourth-order valence-corrected chi connectivity index (χ4v) is 1.70. The first-order chi connectivity index (χ1) is 4.96. The van der Waals surface area contributed by atoms with Gasteiger partial charge in [-0.05, 0) is 18.8 Å². The SMILES string of the molecule is CC(C)(C)CC(C)(Cl)C(Cl)(Cl)Cl. The van der Waals surface area contributed by atoms with Gasteiger partial charge >= 0.3 is 0 Å². The Labute approximate surface area is 94.5 Å². The van der Waals surface area contributed by atoms with E-state index < -0.39 is 8.67 Å². The van der Waals surface area contributed by atoms with Crippen LogP contribution in [0.5, 0.6) is 0 Å². The van der Waals surface area contributed by atoms with Crippen LogP contribution in [0.15, 0.2) is 0 Å². The zero-order valence-electron chi connectivity index (χ0n) is 7.72. The number of hydrogen-bond acceptors (Lipinski definition) is 0. The van der Waals surface area contributed by atoms with Crippen molar-refractivity contribution in [3.63, 3.8) is 0 Å². The molecule has 0 aliphatic carbocycles. The molecule has 1 unspecified atom stereocenters. The topological polar surface area (TPSA) is 0 Å². The highest BCUT2D eigenvalue weighted by Gasteiger charge is 2.45. The van der Waals surface area contributed by atoms with Crippen LogP contribution in [0, 0.1) is 5.41 Å². The van der Waals surface area contributed by atoms with Crippen molar-refractivity contribution in [1.82, 2.24) is 0 Å². The molecule has 0 aromatic rings. The summed E-state index contributed by atoms with van der Waals surface area (Å²) in [6, 6.07) is 0. The normalized spacial score (nSPS) is 19.0. The molecule has 0 aliphatic heterocycles. The van der Waals surface area contributed by atoms with Crippen molar-refractivity contribution in [2.75, 3.05) is 0 Å². The lowest BCUT2D eigenvalue weighted by atomic mass is 9.85. The number of alkyl halides is 4. The van der Waals surface area contributed by atoms with Gasteiger partial charge in [0.2, 0.25) is 3.79 Å². The highest BCUT2D eigenvalue weighted by atomic mass is 35.6. The lowest BCUT2D eigenvalue weighted by Crippen LogP contribution is -2.37. The van der Waals surface area contributed by atoms with E-state index in [1.54, 1.807) is 6.92 Å². The molecule has 1 atom stereocenters. The maximum Gasteiger partial charge on any atom is 0.209 e. The Bertz CT molecular complexity index is 149. The first-order valence-electron chi connectivity index (χ1n) is 3.71. The van der Waals surface area contributed by atoms with E-state index in [4.69, 9.17) is 46.4 Å². The molecule has 12 heavy (non-hydrogen) atoms. The monoisotopic (exact) mass is 250 g/mol. The summed E-state index contributed by atoms with van der Waals surface area (Å²) in [5, 5.41) is 0. The highest BCUT2D eigenvalue weighted by molar-refractivity contribution is 6.70. The van der Waals surface area contributed by atoms with Gasteiger partial charge in [-0.15, -0.1) is 11.6 Å². The van der Waals surface area contributed by atoms with Crippen molar-refractivity contribution in [1.29, 1.82) is 0 Å². The van der Waals surface area contributed by atoms with E-state index in [1.807, 2.05) is 0 Å². The van der Waals surface area contributed by atoms with Gasteiger partial charge in [-0.25, -0.2) is 0 Å². The molecule has 0 spiro atoms. The summed E-state index contributed by atoms with van der Waals surface area (Å²) in [5.74, 6) is 0. The van der Waals surface area contributed by atoms with Gasteiger partial charge in [0.1, 0.15) is 0 Å². The van der Waals surface area contributed by atoms with Gasteiger partial charge in [0.05, 0.1) is 4.87 Å². The van der Waals surface area contributed by atoms with Gasteiger partial charge < -0.3 is 0 Å². The molecule has 0 aromatic carbocycles. The third-order valence-corrected chi connectivity index (χ3v) is 3.41. The lowest BCUT2D eigenvalue weighted by molar-refractivity contribution is 0.326. The Balaban J connectivity index is 4.44. The van der Waals surface area contributed by atoms with Crippen molar-refractivity contribution in [3.8, 4) is 0 Å². The second-order valence-electron chi connectivity index (χ2n) is 4.43. The van der Waals surface area contributed by atoms with Gasteiger partial charge in [-0.3, -0.25) is 0 Å². The van der Waals surface area contributed by atoms with Crippen molar-refractivity contribution < 1.29 is 0 Å². The van der Waals surface area contributed by atoms with Crippen LogP contribution in [0.4, 0.5) is 0 Å². The van der Waals surface area contributed by atoms with E-state index in [9.17, 15) is 0 Å². The summed E-state index contributed by atoms with van der Waals surface area (Å²) in [7, 11) is 0. The molecule has 74 valence electrons. The fraction of sp³-hybridized carbons (Fsp3) is 1.00. The standard InChI is InChI=1S/C8H14Cl4/c1-6(2,3)5-7(4,9)8(10,11)12/h5H2,1-4H3. The van der Waals surface area contributed by atoms with Crippen molar-refractivity contribution in [2.24, 2.45) is 5.41 Å². The van der Waals surface area contributed by atoms with Crippen LogP contribution in [-0.2, 0) is 0 Å². The van der Waals surface area contributed by atoms with Crippen LogP contribution in [0.1, 0.15) is 34.1 Å². The predicted molar refractivity (Wildman–Crippen MR) is 58.6 cm³/mol. The minimum Gasteiger partial charge on any atom is -0.115 e. The van der Waals surface area contributed by atoms with Crippen molar-refractivity contribution in [2.45, 2.75) is 42.8 Å². The Kier molecular flexibility index (Phi) is 4.09. The second kappa shape index (κ2) is 3.73. The minimum absolute atomic E-state index is 0.0560. The Morgan fingerprint density at radius 2 is 1.17 bits per heavy atom. The molecule has 0 saturated heterocycles. The summed E-state index contributed by atoms with van der Waals surface area (Å²) >= 11 is 23.3. The van der Waals surface area contributed by atoms with Crippen LogP contribution in [0.25, 0.3) is 0 Å². The van der Waals surface area contributed by atoms with Crippen molar-refractivity contribution in [3.05, 3.63) is 0 Å². The molecular weight excluding hydrogens is 238 g/mol. The van der Waals surface area contributed by atoms with Crippen LogP contribution >= 0.6 is 46.4 Å². The third kappa shape index (κ3) is 4.41. The van der Waals surface area contributed by atoms with Crippen molar-refractivity contribution >= 4 is 46.4 Å². The molecule has 4 heteroatoms. The van der Waals surface area contributed by atoms with Gasteiger partial charge in [0.25, 0.3) is 0 Å². The van der Waals surface area contributed by atoms with E-state index in [0.29, 0.717) is 6.42 Å². The average Bonchev–Trinajstić information content (AvgIpc) is 1.52. The summed E-state index contributed by atoms with van der Waals surface area (Å²) in [6.07, 6.45) is 0.651. The van der Waals surface area contributed by atoms with E-state index >= 15 is 0 Å². The maximum absolute atomic E-state index is 6.10. The van der Waals surface area contributed by atoms with Crippen LogP contribution in [0.3, 0.4) is 0 Å². The molecule has 0 fully saturated rings. The van der Waals surface area contributed by atoms with E-state index in [-0.39, 0.29) is 5.41 Å². The molecule has 0 rings (SSSR count). The highest BCUT2D eigenvalue weighted by Crippen LogP contribution is 2.48.